The van der Waals surface area contributed by atoms with E-state index in [1.54, 1.807) is 24.3 Å². The van der Waals surface area contributed by atoms with Gasteiger partial charge in [0.1, 0.15) is 12.6 Å². The van der Waals surface area contributed by atoms with Crippen LogP contribution in [0, 0.1) is 0 Å². The van der Waals surface area contributed by atoms with Gasteiger partial charge in [0.25, 0.3) is 0 Å². The first kappa shape index (κ1) is 32.6. The molecule has 1 N–H and O–H groups in total. The number of benzene rings is 3. The summed E-state index contributed by atoms with van der Waals surface area (Å²) >= 11 is 6.54. The minimum atomic E-state index is -3.83. The van der Waals surface area contributed by atoms with Gasteiger partial charge in [0, 0.05) is 24.0 Å². The maximum Gasteiger partial charge on any atom is 0.244 e. The van der Waals surface area contributed by atoms with E-state index in [0.29, 0.717) is 16.3 Å². The van der Waals surface area contributed by atoms with Gasteiger partial charge in [-0.05, 0) is 53.6 Å². The summed E-state index contributed by atoms with van der Waals surface area (Å²) in [6.07, 6.45) is 6.41. The fraction of sp³-hybridized carbons (Fsp3) is 0.412. The highest BCUT2D eigenvalue weighted by atomic mass is 35.5. The van der Waals surface area contributed by atoms with E-state index in [1.165, 1.54) is 4.90 Å². The Hall–Kier alpha value is -3.36. The molecule has 3 aromatic rings. The molecule has 0 heterocycles. The smallest absolute Gasteiger partial charge is 0.244 e. The van der Waals surface area contributed by atoms with Crippen molar-refractivity contribution in [2.75, 3.05) is 17.1 Å². The predicted octanol–water partition coefficient (Wildman–Crippen LogP) is 6.32. The van der Waals surface area contributed by atoms with Crippen LogP contribution in [0.1, 0.15) is 68.6 Å². The van der Waals surface area contributed by atoms with Gasteiger partial charge in [-0.3, -0.25) is 13.9 Å². The second kappa shape index (κ2) is 14.9. The first-order valence-electron chi connectivity index (χ1n) is 15.0. The SMILES string of the molecule is CC(C)c1ccc(N(CC(=O)N(Cc2ccccc2Cl)[C@@H](Cc2ccccc2)C(=O)NC2CCCCC2)S(C)(=O)=O)cc1. The lowest BCUT2D eigenvalue weighted by atomic mass is 9.94. The van der Waals surface area contributed by atoms with Gasteiger partial charge in [0.2, 0.25) is 21.8 Å². The molecule has 0 bridgehead atoms. The van der Waals surface area contributed by atoms with Crippen LogP contribution < -0.4 is 9.62 Å². The van der Waals surface area contributed by atoms with Crippen molar-refractivity contribution < 1.29 is 18.0 Å². The van der Waals surface area contributed by atoms with Crippen LogP contribution >= 0.6 is 11.6 Å². The fourth-order valence-corrected chi connectivity index (χ4v) is 6.59. The molecule has 1 aliphatic carbocycles. The van der Waals surface area contributed by atoms with E-state index in [1.807, 2.05) is 54.6 Å². The molecule has 4 rings (SSSR count). The molecule has 0 aromatic heterocycles. The van der Waals surface area contributed by atoms with Crippen LogP contribution in [0.15, 0.2) is 78.9 Å². The van der Waals surface area contributed by atoms with Gasteiger partial charge in [0.05, 0.1) is 11.9 Å². The molecule has 3 aromatic carbocycles. The second-order valence-corrected chi connectivity index (χ2v) is 14.0. The molecule has 43 heavy (non-hydrogen) atoms. The maximum absolute atomic E-state index is 14.3. The first-order chi connectivity index (χ1) is 20.5. The van der Waals surface area contributed by atoms with Crippen molar-refractivity contribution in [3.05, 3.63) is 101 Å². The van der Waals surface area contributed by atoms with E-state index in [9.17, 15) is 18.0 Å². The molecule has 0 saturated heterocycles. The zero-order valence-electron chi connectivity index (χ0n) is 25.2. The molecule has 0 unspecified atom stereocenters. The average molecular weight is 624 g/mol. The number of anilines is 1. The number of nitrogens with one attached hydrogen (secondary N) is 1. The zero-order chi connectivity index (χ0) is 31.0. The molecule has 230 valence electrons. The highest BCUT2D eigenvalue weighted by molar-refractivity contribution is 7.92. The largest absolute Gasteiger partial charge is 0.352 e. The molecule has 7 nitrogen and oxygen atoms in total. The van der Waals surface area contributed by atoms with Crippen molar-refractivity contribution in [2.45, 2.75) is 76.9 Å². The minimum Gasteiger partial charge on any atom is -0.352 e. The van der Waals surface area contributed by atoms with Crippen molar-refractivity contribution in [3.8, 4) is 0 Å². The van der Waals surface area contributed by atoms with Gasteiger partial charge < -0.3 is 10.2 Å². The molecule has 0 aliphatic heterocycles. The monoisotopic (exact) mass is 623 g/mol. The summed E-state index contributed by atoms with van der Waals surface area (Å²) in [5.74, 6) is -0.462. The lowest BCUT2D eigenvalue weighted by Gasteiger charge is -2.35. The number of nitrogens with zero attached hydrogens (tertiary/aromatic N) is 2. The lowest BCUT2D eigenvalue weighted by molar-refractivity contribution is -0.140. The highest BCUT2D eigenvalue weighted by Crippen LogP contribution is 2.25. The molecular weight excluding hydrogens is 582 g/mol. The molecule has 1 aliphatic rings. The van der Waals surface area contributed by atoms with Gasteiger partial charge in [0.15, 0.2) is 0 Å². The van der Waals surface area contributed by atoms with Crippen molar-refractivity contribution in [1.29, 1.82) is 0 Å². The summed E-state index contributed by atoms with van der Waals surface area (Å²) in [5.41, 5.74) is 3.02. The van der Waals surface area contributed by atoms with Gasteiger partial charge in [-0.1, -0.05) is 105 Å². The summed E-state index contributed by atoms with van der Waals surface area (Å²) in [6, 6.07) is 23.1. The van der Waals surface area contributed by atoms with Gasteiger partial charge in [-0.25, -0.2) is 8.42 Å². The van der Waals surface area contributed by atoms with Crippen molar-refractivity contribution in [3.63, 3.8) is 0 Å². The van der Waals surface area contributed by atoms with Gasteiger partial charge in [-0.2, -0.15) is 0 Å². The summed E-state index contributed by atoms with van der Waals surface area (Å²) in [6.45, 7) is 3.72. The molecule has 1 saturated carbocycles. The Kier molecular flexibility index (Phi) is 11.3. The Labute approximate surface area is 261 Å². The number of amides is 2. The van der Waals surface area contributed by atoms with Crippen LogP contribution in [-0.2, 0) is 32.6 Å². The Morgan fingerprint density at radius 2 is 1.53 bits per heavy atom. The van der Waals surface area contributed by atoms with E-state index in [-0.39, 0.29) is 30.8 Å². The van der Waals surface area contributed by atoms with Crippen LogP contribution in [0.5, 0.6) is 0 Å². The Bertz CT molecular complexity index is 1470. The number of sulfonamides is 1. The molecular formula is C34H42ClN3O4S. The number of hydrogen-bond acceptors (Lipinski definition) is 4. The third-order valence-corrected chi connectivity index (χ3v) is 9.56. The summed E-state index contributed by atoms with van der Waals surface area (Å²) in [5, 5.41) is 3.68. The molecule has 2 amide bonds. The Morgan fingerprint density at radius 3 is 2.14 bits per heavy atom. The molecule has 1 atom stereocenters. The normalized spacial score (nSPS) is 14.7. The predicted molar refractivity (Wildman–Crippen MR) is 174 cm³/mol. The number of carbonyl (C=O) groups is 2. The van der Waals surface area contributed by atoms with Crippen LogP contribution in [0.4, 0.5) is 5.69 Å². The molecule has 9 heteroatoms. The number of rotatable bonds is 12. The standard InChI is InChI=1S/C34H42ClN3O4S/c1-25(2)27-18-20-30(21-19-27)38(43(3,41)42)24-33(39)37(23-28-14-10-11-17-31(28)35)32(22-26-12-6-4-7-13-26)34(40)36-29-15-8-5-9-16-29/h4,6-7,10-14,17-21,25,29,32H,5,8-9,15-16,22-24H2,1-3H3,(H,36,40)/t32-/m0/s1. The first-order valence-corrected chi connectivity index (χ1v) is 17.2. The van der Waals surface area contributed by atoms with Crippen molar-refractivity contribution in [1.82, 2.24) is 10.2 Å². The van der Waals surface area contributed by atoms with Crippen LogP contribution in [0.25, 0.3) is 0 Å². The van der Waals surface area contributed by atoms with E-state index in [2.05, 4.69) is 19.2 Å². The Morgan fingerprint density at radius 1 is 0.907 bits per heavy atom. The lowest BCUT2D eigenvalue weighted by Crippen LogP contribution is -2.55. The quantitative estimate of drug-likeness (QED) is 0.256. The van der Waals surface area contributed by atoms with E-state index in [4.69, 9.17) is 11.6 Å². The van der Waals surface area contributed by atoms with Gasteiger partial charge in [-0.15, -0.1) is 0 Å². The zero-order valence-corrected chi connectivity index (χ0v) is 26.8. The highest BCUT2D eigenvalue weighted by Gasteiger charge is 2.34. The van der Waals surface area contributed by atoms with Gasteiger partial charge >= 0.3 is 0 Å². The van der Waals surface area contributed by atoms with Crippen molar-refractivity contribution in [2.24, 2.45) is 0 Å². The fourth-order valence-electron chi connectivity index (χ4n) is 5.55. The van der Waals surface area contributed by atoms with Crippen LogP contribution in [0.2, 0.25) is 5.02 Å². The summed E-state index contributed by atoms with van der Waals surface area (Å²) < 4.78 is 27.2. The van der Waals surface area contributed by atoms with Crippen molar-refractivity contribution >= 4 is 39.1 Å². The number of hydrogen-bond donors (Lipinski definition) is 1. The topological polar surface area (TPSA) is 86.8 Å². The van der Waals surface area contributed by atoms with Crippen LogP contribution in [0.3, 0.4) is 0 Å². The molecule has 0 spiro atoms. The molecule has 1 fully saturated rings. The Balaban J connectivity index is 1.72. The second-order valence-electron chi connectivity index (χ2n) is 11.7. The third-order valence-electron chi connectivity index (χ3n) is 8.05. The molecule has 0 radical (unpaired) electrons. The van der Waals surface area contributed by atoms with E-state index < -0.39 is 28.5 Å². The van der Waals surface area contributed by atoms with Crippen LogP contribution in [-0.4, -0.2) is 50.0 Å². The minimum absolute atomic E-state index is 0.0452. The number of carbonyl (C=O) groups excluding carboxylic acids is 2. The third kappa shape index (κ3) is 9.07. The van der Waals surface area contributed by atoms with E-state index >= 15 is 0 Å². The average Bonchev–Trinajstić information content (AvgIpc) is 2.99. The summed E-state index contributed by atoms with van der Waals surface area (Å²) in [7, 11) is -3.83. The summed E-state index contributed by atoms with van der Waals surface area (Å²) in [4.78, 5) is 29.8. The number of halogens is 1. The van der Waals surface area contributed by atoms with E-state index in [0.717, 1.165) is 53.8 Å². The maximum atomic E-state index is 14.3.